The molecule has 0 saturated heterocycles. The standard InChI is InChI=1S/C17H16N4O2/c1-12(16-9-6-10-23-16)18-21-17(22)15-11-14(19-20-15)13-7-4-2-3-5-8-13/h2,4-11H,3H2,1H3,(H,19,20)(H,21,22)/b18-12+. The molecule has 1 amide bonds. The smallest absolute Gasteiger partial charge is 0.289 e. The molecule has 0 atom stereocenters. The van der Waals surface area contributed by atoms with E-state index in [2.05, 4.69) is 26.8 Å². The Bertz CT molecular complexity index is 808. The highest BCUT2D eigenvalue weighted by Crippen LogP contribution is 2.17. The molecule has 2 aromatic rings. The summed E-state index contributed by atoms with van der Waals surface area (Å²) < 4.78 is 5.20. The summed E-state index contributed by atoms with van der Waals surface area (Å²) in [6.45, 7) is 1.75. The molecule has 2 N–H and O–H groups in total. The second-order valence-electron chi connectivity index (χ2n) is 4.97. The molecule has 0 bridgehead atoms. The number of aromatic nitrogens is 2. The normalized spacial score (nSPS) is 14.5. The van der Waals surface area contributed by atoms with Crippen LogP contribution in [0.3, 0.4) is 0 Å². The van der Waals surface area contributed by atoms with Crippen molar-refractivity contribution in [1.82, 2.24) is 15.6 Å². The summed E-state index contributed by atoms with van der Waals surface area (Å²) in [6, 6.07) is 5.24. The number of H-pyrrole nitrogens is 1. The molecule has 2 aromatic heterocycles. The van der Waals surface area contributed by atoms with E-state index in [0.717, 1.165) is 12.0 Å². The maximum Gasteiger partial charge on any atom is 0.289 e. The molecule has 3 rings (SSSR count). The largest absolute Gasteiger partial charge is 0.463 e. The van der Waals surface area contributed by atoms with Crippen molar-refractivity contribution in [2.45, 2.75) is 13.3 Å². The Morgan fingerprint density at radius 2 is 2.35 bits per heavy atom. The number of carbonyl (C=O) groups excluding carboxylic acids is 1. The van der Waals surface area contributed by atoms with Gasteiger partial charge in [-0.1, -0.05) is 30.4 Å². The number of hydrogen-bond donors (Lipinski definition) is 2. The summed E-state index contributed by atoms with van der Waals surface area (Å²) in [5.41, 5.74) is 5.07. The first-order valence-corrected chi connectivity index (χ1v) is 7.21. The Balaban J connectivity index is 1.70. The van der Waals surface area contributed by atoms with Gasteiger partial charge in [0, 0.05) is 5.57 Å². The van der Waals surface area contributed by atoms with Crippen LogP contribution in [0.15, 0.2) is 64.4 Å². The van der Waals surface area contributed by atoms with Gasteiger partial charge >= 0.3 is 0 Å². The van der Waals surface area contributed by atoms with E-state index in [1.165, 1.54) is 0 Å². The summed E-state index contributed by atoms with van der Waals surface area (Å²) in [4.78, 5) is 12.1. The van der Waals surface area contributed by atoms with Crippen molar-refractivity contribution in [3.05, 3.63) is 72.0 Å². The maximum atomic E-state index is 12.1. The monoisotopic (exact) mass is 308 g/mol. The van der Waals surface area contributed by atoms with Gasteiger partial charge in [0.25, 0.3) is 5.91 Å². The summed E-state index contributed by atoms with van der Waals surface area (Å²) in [5.74, 6) is 0.250. The van der Waals surface area contributed by atoms with Crippen LogP contribution >= 0.6 is 0 Å². The lowest BCUT2D eigenvalue weighted by atomic mass is 10.1. The fourth-order valence-electron chi connectivity index (χ4n) is 2.07. The van der Waals surface area contributed by atoms with E-state index in [0.29, 0.717) is 22.9 Å². The second kappa shape index (κ2) is 6.74. The summed E-state index contributed by atoms with van der Waals surface area (Å²) in [7, 11) is 0. The first kappa shape index (κ1) is 14.8. The Morgan fingerprint density at radius 3 is 3.17 bits per heavy atom. The Labute approximate surface area is 133 Å². The van der Waals surface area contributed by atoms with Crippen molar-refractivity contribution in [3.63, 3.8) is 0 Å². The first-order chi connectivity index (χ1) is 11.2. The highest BCUT2D eigenvalue weighted by atomic mass is 16.3. The zero-order valence-corrected chi connectivity index (χ0v) is 12.6. The van der Waals surface area contributed by atoms with E-state index < -0.39 is 0 Å². The quantitative estimate of drug-likeness (QED) is 0.672. The minimum absolute atomic E-state index is 0.346. The van der Waals surface area contributed by atoms with Gasteiger partial charge in [0.05, 0.1) is 12.0 Å². The van der Waals surface area contributed by atoms with E-state index in [1.807, 2.05) is 24.3 Å². The van der Waals surface area contributed by atoms with Crippen LogP contribution in [-0.4, -0.2) is 21.8 Å². The molecule has 0 unspecified atom stereocenters. The third-order valence-electron chi connectivity index (χ3n) is 3.30. The van der Waals surface area contributed by atoms with Crippen LogP contribution in [0.25, 0.3) is 5.57 Å². The van der Waals surface area contributed by atoms with Gasteiger partial charge in [-0.2, -0.15) is 10.2 Å². The molecule has 0 fully saturated rings. The Hall–Kier alpha value is -3.15. The SMILES string of the molecule is C/C(=N\NC(=O)c1cc(C2=CC=CCC=C2)n[nH]1)c1ccco1. The number of nitrogens with zero attached hydrogens (tertiary/aromatic N) is 2. The number of hydrogen-bond acceptors (Lipinski definition) is 4. The van der Waals surface area contributed by atoms with Gasteiger partial charge in [-0.15, -0.1) is 0 Å². The first-order valence-electron chi connectivity index (χ1n) is 7.21. The van der Waals surface area contributed by atoms with Crippen molar-refractivity contribution in [1.29, 1.82) is 0 Å². The fraction of sp³-hybridized carbons (Fsp3) is 0.118. The number of rotatable bonds is 4. The molecule has 0 radical (unpaired) electrons. The van der Waals surface area contributed by atoms with Crippen molar-refractivity contribution < 1.29 is 9.21 Å². The summed E-state index contributed by atoms with van der Waals surface area (Å²) in [5, 5.41) is 10.9. The third-order valence-corrected chi connectivity index (χ3v) is 3.30. The highest BCUT2D eigenvalue weighted by Gasteiger charge is 2.11. The molecule has 1 aliphatic rings. The minimum atomic E-state index is -0.358. The number of carbonyl (C=O) groups is 1. The lowest BCUT2D eigenvalue weighted by Gasteiger charge is -1.98. The molecule has 6 nitrogen and oxygen atoms in total. The number of nitrogens with one attached hydrogen (secondary N) is 2. The summed E-state index contributed by atoms with van der Waals surface area (Å²) in [6.07, 6.45) is 12.5. The molecule has 23 heavy (non-hydrogen) atoms. The van der Waals surface area contributed by atoms with Crippen LogP contribution in [0.4, 0.5) is 0 Å². The number of furan rings is 1. The van der Waals surface area contributed by atoms with Gasteiger partial charge in [0.15, 0.2) is 0 Å². The molecule has 6 heteroatoms. The average Bonchev–Trinajstić information content (AvgIpc) is 3.20. The predicted octanol–water partition coefficient (Wildman–Crippen LogP) is 3.06. The average molecular weight is 308 g/mol. The molecule has 2 heterocycles. The zero-order chi connectivity index (χ0) is 16.1. The van der Waals surface area contributed by atoms with E-state index in [-0.39, 0.29) is 5.91 Å². The molecular weight excluding hydrogens is 292 g/mol. The molecule has 116 valence electrons. The van der Waals surface area contributed by atoms with E-state index >= 15 is 0 Å². The van der Waals surface area contributed by atoms with Gasteiger partial charge in [-0.3, -0.25) is 9.89 Å². The van der Waals surface area contributed by atoms with Gasteiger partial charge in [-0.05, 0) is 31.5 Å². The highest BCUT2D eigenvalue weighted by molar-refractivity contribution is 5.98. The van der Waals surface area contributed by atoms with Crippen LogP contribution in [0.2, 0.25) is 0 Å². The van der Waals surface area contributed by atoms with Crippen LogP contribution in [0, 0.1) is 0 Å². The number of aromatic amines is 1. The molecule has 0 spiro atoms. The van der Waals surface area contributed by atoms with E-state index in [9.17, 15) is 4.79 Å². The zero-order valence-electron chi connectivity index (χ0n) is 12.6. The Morgan fingerprint density at radius 1 is 1.43 bits per heavy atom. The van der Waals surface area contributed by atoms with Gasteiger partial charge in [0.1, 0.15) is 17.2 Å². The molecule has 1 aliphatic carbocycles. The van der Waals surface area contributed by atoms with Crippen molar-refractivity contribution in [2.75, 3.05) is 0 Å². The Kier molecular flexibility index (Phi) is 4.33. The lowest BCUT2D eigenvalue weighted by molar-refractivity contribution is 0.0950. The molecule has 0 aromatic carbocycles. The molecule has 0 aliphatic heterocycles. The third kappa shape index (κ3) is 3.55. The number of hydrazone groups is 1. The predicted molar refractivity (Wildman–Crippen MR) is 87.8 cm³/mol. The van der Waals surface area contributed by atoms with Crippen molar-refractivity contribution in [3.8, 4) is 0 Å². The van der Waals surface area contributed by atoms with E-state index in [4.69, 9.17) is 4.42 Å². The van der Waals surface area contributed by atoms with Gasteiger partial charge in [-0.25, -0.2) is 5.43 Å². The lowest BCUT2D eigenvalue weighted by Crippen LogP contribution is -2.19. The van der Waals surface area contributed by atoms with Crippen LogP contribution in [-0.2, 0) is 0 Å². The van der Waals surface area contributed by atoms with Gasteiger partial charge in [0.2, 0.25) is 0 Å². The number of amides is 1. The number of allylic oxidation sites excluding steroid dienone is 6. The molecule has 0 saturated carbocycles. The van der Waals surface area contributed by atoms with E-state index in [1.54, 1.807) is 31.4 Å². The van der Waals surface area contributed by atoms with Crippen LogP contribution < -0.4 is 5.43 Å². The van der Waals surface area contributed by atoms with Crippen LogP contribution in [0.1, 0.15) is 35.3 Å². The maximum absolute atomic E-state index is 12.1. The fourth-order valence-corrected chi connectivity index (χ4v) is 2.07. The minimum Gasteiger partial charge on any atom is -0.463 e. The van der Waals surface area contributed by atoms with Crippen molar-refractivity contribution >= 4 is 17.2 Å². The summed E-state index contributed by atoms with van der Waals surface area (Å²) >= 11 is 0. The van der Waals surface area contributed by atoms with Gasteiger partial charge < -0.3 is 4.42 Å². The topological polar surface area (TPSA) is 83.3 Å². The van der Waals surface area contributed by atoms with Crippen LogP contribution in [0.5, 0.6) is 0 Å². The molecular formula is C17H16N4O2. The second-order valence-corrected chi connectivity index (χ2v) is 4.97. The van der Waals surface area contributed by atoms with Crippen molar-refractivity contribution in [2.24, 2.45) is 5.10 Å².